The van der Waals surface area contributed by atoms with Crippen LogP contribution in [-0.2, 0) is 10.4 Å². The van der Waals surface area contributed by atoms with E-state index in [-0.39, 0.29) is 6.61 Å². The SMILES string of the molecule is CCCCCCCCCCCCCCCCCCC(O)C(O)CO.O=S(=O)(O)O. The van der Waals surface area contributed by atoms with Gasteiger partial charge < -0.3 is 15.3 Å². The van der Waals surface area contributed by atoms with Crippen LogP contribution in [0.15, 0.2) is 0 Å². The summed E-state index contributed by atoms with van der Waals surface area (Å²) < 4.78 is 31.6. The van der Waals surface area contributed by atoms with E-state index >= 15 is 0 Å². The standard InChI is InChI=1S/C21H44O3.H2O4S/c1-2-3-4-5-6-7-8-9-10-11-12-13-14-15-16-17-18-20(23)21(24)19-22;1-5(2,3)4/h20-24H,2-19H2,1H3;(H2,1,2,3,4). The van der Waals surface area contributed by atoms with Crippen LogP contribution in [0.5, 0.6) is 0 Å². The van der Waals surface area contributed by atoms with Crippen molar-refractivity contribution in [3.63, 3.8) is 0 Å². The van der Waals surface area contributed by atoms with Crippen LogP contribution in [0.2, 0.25) is 0 Å². The van der Waals surface area contributed by atoms with Gasteiger partial charge in [0.25, 0.3) is 0 Å². The maximum atomic E-state index is 9.52. The molecule has 0 heterocycles. The molecular formula is C21H46O7S. The molecule has 7 nitrogen and oxygen atoms in total. The highest BCUT2D eigenvalue weighted by molar-refractivity contribution is 7.79. The summed E-state index contributed by atoms with van der Waals surface area (Å²) in [6, 6.07) is 0. The lowest BCUT2D eigenvalue weighted by Crippen LogP contribution is -2.28. The van der Waals surface area contributed by atoms with E-state index in [1.54, 1.807) is 0 Å². The first-order valence-electron chi connectivity index (χ1n) is 11.4. The quantitative estimate of drug-likeness (QED) is 0.144. The lowest BCUT2D eigenvalue weighted by molar-refractivity contribution is -0.0185. The van der Waals surface area contributed by atoms with Gasteiger partial charge in [0.05, 0.1) is 12.7 Å². The first-order chi connectivity index (χ1) is 13.7. The molecule has 0 aliphatic carbocycles. The third-order valence-electron chi connectivity index (χ3n) is 4.98. The average molecular weight is 443 g/mol. The Morgan fingerprint density at radius 3 is 1.14 bits per heavy atom. The molecule has 0 aliphatic rings. The highest BCUT2D eigenvalue weighted by atomic mass is 32.3. The Bertz CT molecular complexity index is 407. The third kappa shape index (κ3) is 32.6. The molecule has 0 spiro atoms. The van der Waals surface area contributed by atoms with Crippen LogP contribution in [0, 0.1) is 0 Å². The molecule has 0 aromatic rings. The molecule has 0 amide bonds. The predicted octanol–water partition coefficient (Wildman–Crippen LogP) is 4.70. The van der Waals surface area contributed by atoms with E-state index in [2.05, 4.69) is 6.92 Å². The Balaban J connectivity index is 0. The van der Waals surface area contributed by atoms with Gasteiger partial charge >= 0.3 is 10.4 Å². The van der Waals surface area contributed by atoms with E-state index < -0.39 is 22.6 Å². The van der Waals surface area contributed by atoms with E-state index in [9.17, 15) is 10.2 Å². The summed E-state index contributed by atoms with van der Waals surface area (Å²) >= 11 is 0. The van der Waals surface area contributed by atoms with Crippen molar-refractivity contribution >= 4 is 10.4 Å². The highest BCUT2D eigenvalue weighted by Gasteiger charge is 2.13. The van der Waals surface area contributed by atoms with E-state index in [0.29, 0.717) is 6.42 Å². The molecule has 0 saturated heterocycles. The Morgan fingerprint density at radius 1 is 0.586 bits per heavy atom. The molecule has 29 heavy (non-hydrogen) atoms. The first-order valence-corrected chi connectivity index (χ1v) is 12.8. The fourth-order valence-corrected chi connectivity index (χ4v) is 3.22. The molecule has 0 fully saturated rings. The molecule has 0 rings (SSSR count). The van der Waals surface area contributed by atoms with Crippen molar-refractivity contribution in [2.24, 2.45) is 0 Å². The minimum atomic E-state index is -4.67. The molecular weight excluding hydrogens is 396 g/mol. The lowest BCUT2D eigenvalue weighted by Gasteiger charge is -2.14. The van der Waals surface area contributed by atoms with Gasteiger partial charge in [-0.2, -0.15) is 8.42 Å². The van der Waals surface area contributed by atoms with Gasteiger partial charge in [-0.3, -0.25) is 9.11 Å². The average Bonchev–Trinajstić information content (AvgIpc) is 2.65. The fraction of sp³-hybridized carbons (Fsp3) is 1.00. The highest BCUT2D eigenvalue weighted by Crippen LogP contribution is 2.14. The Morgan fingerprint density at radius 2 is 0.862 bits per heavy atom. The lowest BCUT2D eigenvalue weighted by atomic mass is 10.0. The van der Waals surface area contributed by atoms with Crippen molar-refractivity contribution < 1.29 is 32.8 Å². The van der Waals surface area contributed by atoms with Crippen LogP contribution in [0.3, 0.4) is 0 Å². The van der Waals surface area contributed by atoms with Gasteiger partial charge in [-0.15, -0.1) is 0 Å². The van der Waals surface area contributed by atoms with Crippen LogP contribution >= 0.6 is 0 Å². The molecule has 2 atom stereocenters. The fourth-order valence-electron chi connectivity index (χ4n) is 3.22. The normalized spacial score (nSPS) is 13.6. The monoisotopic (exact) mass is 442 g/mol. The molecule has 0 saturated carbocycles. The Hall–Kier alpha value is -0.250. The maximum absolute atomic E-state index is 9.52. The molecule has 178 valence electrons. The Kier molecular flexibility index (Phi) is 23.9. The summed E-state index contributed by atoms with van der Waals surface area (Å²) in [6.45, 7) is 1.93. The minimum Gasteiger partial charge on any atom is -0.394 e. The van der Waals surface area contributed by atoms with Crippen LogP contribution in [-0.4, -0.2) is 51.7 Å². The van der Waals surface area contributed by atoms with Gasteiger partial charge in [-0.05, 0) is 6.42 Å². The van der Waals surface area contributed by atoms with Crippen molar-refractivity contribution in [3.8, 4) is 0 Å². The first kappa shape index (κ1) is 30.9. The summed E-state index contributed by atoms with van der Waals surface area (Å²) in [7, 11) is -4.67. The number of hydrogen-bond acceptors (Lipinski definition) is 5. The summed E-state index contributed by atoms with van der Waals surface area (Å²) in [6.07, 6.45) is 20.2. The summed E-state index contributed by atoms with van der Waals surface area (Å²) in [5, 5.41) is 27.5. The van der Waals surface area contributed by atoms with E-state index in [0.717, 1.165) is 12.8 Å². The second kappa shape index (κ2) is 22.4. The summed E-state index contributed by atoms with van der Waals surface area (Å²) in [4.78, 5) is 0. The maximum Gasteiger partial charge on any atom is 0.394 e. The van der Waals surface area contributed by atoms with Crippen LogP contribution in [0.1, 0.15) is 116 Å². The third-order valence-corrected chi connectivity index (χ3v) is 4.98. The molecule has 5 N–H and O–H groups in total. The summed E-state index contributed by atoms with van der Waals surface area (Å²) in [5.41, 5.74) is 0. The van der Waals surface area contributed by atoms with Gasteiger partial charge in [0.15, 0.2) is 0 Å². The second-order valence-electron chi connectivity index (χ2n) is 7.86. The number of hydrogen-bond donors (Lipinski definition) is 5. The zero-order chi connectivity index (χ0) is 22.4. The van der Waals surface area contributed by atoms with E-state index in [1.807, 2.05) is 0 Å². The van der Waals surface area contributed by atoms with Crippen molar-refractivity contribution in [1.82, 2.24) is 0 Å². The van der Waals surface area contributed by atoms with Crippen molar-refractivity contribution in [3.05, 3.63) is 0 Å². The van der Waals surface area contributed by atoms with Gasteiger partial charge in [0.1, 0.15) is 6.10 Å². The molecule has 0 radical (unpaired) electrons. The Labute approximate surface area is 178 Å². The second-order valence-corrected chi connectivity index (χ2v) is 8.75. The molecule has 0 aromatic carbocycles. The van der Waals surface area contributed by atoms with Crippen LogP contribution < -0.4 is 0 Å². The molecule has 0 aromatic heterocycles. The van der Waals surface area contributed by atoms with E-state index in [4.69, 9.17) is 22.6 Å². The van der Waals surface area contributed by atoms with Crippen molar-refractivity contribution in [2.45, 2.75) is 128 Å². The molecule has 8 heteroatoms. The van der Waals surface area contributed by atoms with Crippen molar-refractivity contribution in [2.75, 3.05) is 6.61 Å². The van der Waals surface area contributed by atoms with Gasteiger partial charge in [-0.25, -0.2) is 0 Å². The van der Waals surface area contributed by atoms with Crippen LogP contribution in [0.4, 0.5) is 0 Å². The molecule has 0 aliphatic heterocycles. The number of unbranched alkanes of at least 4 members (excludes halogenated alkanes) is 15. The number of aliphatic hydroxyl groups excluding tert-OH is 3. The van der Waals surface area contributed by atoms with E-state index in [1.165, 1.54) is 89.9 Å². The summed E-state index contributed by atoms with van der Waals surface area (Å²) in [5.74, 6) is 0. The zero-order valence-electron chi connectivity index (χ0n) is 18.3. The number of rotatable bonds is 19. The smallest absolute Gasteiger partial charge is 0.394 e. The van der Waals surface area contributed by atoms with Gasteiger partial charge in [0.2, 0.25) is 0 Å². The molecule has 0 bridgehead atoms. The zero-order valence-corrected chi connectivity index (χ0v) is 19.2. The largest absolute Gasteiger partial charge is 0.394 e. The predicted molar refractivity (Wildman–Crippen MR) is 117 cm³/mol. The van der Waals surface area contributed by atoms with Crippen LogP contribution in [0.25, 0.3) is 0 Å². The topological polar surface area (TPSA) is 135 Å². The minimum absolute atomic E-state index is 0.347. The van der Waals surface area contributed by atoms with Gasteiger partial charge in [0, 0.05) is 0 Å². The number of aliphatic hydroxyl groups is 3. The van der Waals surface area contributed by atoms with Gasteiger partial charge in [-0.1, -0.05) is 110 Å². The van der Waals surface area contributed by atoms with Crippen molar-refractivity contribution in [1.29, 1.82) is 0 Å². The molecule has 2 unspecified atom stereocenters.